The Kier molecular flexibility index (Phi) is 3.86. The molecule has 1 aliphatic heterocycles. The van der Waals surface area contributed by atoms with Gasteiger partial charge in [0.25, 0.3) is 11.2 Å². The van der Waals surface area contributed by atoms with Crippen LogP contribution in [0.5, 0.6) is 5.75 Å². The van der Waals surface area contributed by atoms with Crippen LogP contribution >= 0.6 is 0 Å². The standard InChI is InChI=1S/C20H14N4O4/c1-23-14-8-4-3-7-12(14)18-17(20(23)25)16(13(10-21)19(22)28-18)11-6-2-5-9-15(11)24(26)27/h2-9,16H,22H2,1H3/t16-/m0/s1. The van der Waals surface area contributed by atoms with Gasteiger partial charge in [-0.3, -0.25) is 14.9 Å². The van der Waals surface area contributed by atoms with E-state index in [9.17, 15) is 20.2 Å². The second kappa shape index (κ2) is 6.25. The van der Waals surface area contributed by atoms with Gasteiger partial charge < -0.3 is 15.0 Å². The van der Waals surface area contributed by atoms with Gasteiger partial charge in [0.05, 0.1) is 21.9 Å². The molecule has 0 saturated carbocycles. The number of nitrogens with two attached hydrogens (primary N) is 1. The first-order valence-corrected chi connectivity index (χ1v) is 8.38. The van der Waals surface area contributed by atoms with Gasteiger partial charge in [-0.2, -0.15) is 5.26 Å². The molecular formula is C20H14N4O4. The summed E-state index contributed by atoms with van der Waals surface area (Å²) in [5, 5.41) is 21.9. The molecule has 2 aromatic carbocycles. The van der Waals surface area contributed by atoms with Gasteiger partial charge in [0, 0.05) is 24.1 Å². The molecule has 2 N–H and O–H groups in total. The number of nitriles is 1. The third-order valence-corrected chi connectivity index (χ3v) is 4.91. The predicted octanol–water partition coefficient (Wildman–Crippen LogP) is 2.66. The van der Waals surface area contributed by atoms with Crippen molar-refractivity contribution in [2.24, 2.45) is 12.8 Å². The zero-order valence-electron chi connectivity index (χ0n) is 14.7. The zero-order valence-corrected chi connectivity index (χ0v) is 14.7. The van der Waals surface area contributed by atoms with Crippen LogP contribution in [0.2, 0.25) is 0 Å². The number of ether oxygens (including phenoxy) is 1. The molecule has 4 rings (SSSR count). The van der Waals surface area contributed by atoms with Crippen molar-refractivity contribution >= 4 is 16.6 Å². The number of hydrogen-bond acceptors (Lipinski definition) is 6. The smallest absolute Gasteiger partial charge is 0.273 e. The zero-order chi connectivity index (χ0) is 20.0. The lowest BCUT2D eigenvalue weighted by Crippen LogP contribution is -2.31. The number of nitro groups is 1. The van der Waals surface area contributed by atoms with Crippen LogP contribution in [0.4, 0.5) is 5.69 Å². The predicted molar refractivity (Wildman–Crippen MR) is 102 cm³/mol. The van der Waals surface area contributed by atoms with E-state index in [0.717, 1.165) is 0 Å². The summed E-state index contributed by atoms with van der Waals surface area (Å²) in [6.45, 7) is 0. The number of nitrogens with zero attached hydrogens (tertiary/aromatic N) is 3. The number of nitro benzene ring substituents is 1. The maximum Gasteiger partial charge on any atom is 0.273 e. The van der Waals surface area contributed by atoms with Crippen molar-refractivity contribution < 1.29 is 9.66 Å². The fourth-order valence-corrected chi connectivity index (χ4v) is 3.64. The molecular weight excluding hydrogens is 360 g/mol. The maximum absolute atomic E-state index is 13.2. The Labute approximate surface area is 158 Å². The van der Waals surface area contributed by atoms with E-state index in [4.69, 9.17) is 10.5 Å². The highest BCUT2D eigenvalue weighted by molar-refractivity contribution is 5.88. The SMILES string of the molecule is Cn1c(=O)c2c(c3ccccc31)OC(N)=C(C#N)[C@@H]2c1ccccc1[N+](=O)[O-]. The first-order valence-electron chi connectivity index (χ1n) is 8.38. The van der Waals surface area contributed by atoms with Gasteiger partial charge in [0.1, 0.15) is 17.4 Å². The molecule has 1 aliphatic rings. The summed E-state index contributed by atoms with van der Waals surface area (Å²) in [5.41, 5.74) is 6.35. The minimum Gasteiger partial charge on any atom is -0.439 e. The van der Waals surface area contributed by atoms with Crippen molar-refractivity contribution in [1.29, 1.82) is 5.26 Å². The minimum atomic E-state index is -1.00. The molecule has 0 bridgehead atoms. The van der Waals surface area contributed by atoms with Crippen molar-refractivity contribution in [3.8, 4) is 11.8 Å². The van der Waals surface area contributed by atoms with Gasteiger partial charge >= 0.3 is 0 Å². The summed E-state index contributed by atoms with van der Waals surface area (Å²) in [6.07, 6.45) is 0. The van der Waals surface area contributed by atoms with E-state index in [1.165, 1.54) is 22.8 Å². The van der Waals surface area contributed by atoms with Crippen molar-refractivity contribution in [3.05, 3.63) is 91.6 Å². The van der Waals surface area contributed by atoms with Gasteiger partial charge in [-0.25, -0.2) is 0 Å². The number of aryl methyl sites for hydroxylation is 1. The number of hydrogen-bond donors (Lipinski definition) is 1. The van der Waals surface area contributed by atoms with Crippen molar-refractivity contribution in [2.75, 3.05) is 0 Å². The van der Waals surface area contributed by atoms with Crippen LogP contribution < -0.4 is 16.0 Å². The Bertz CT molecular complexity index is 1280. The minimum absolute atomic E-state index is 0.0332. The van der Waals surface area contributed by atoms with Crippen LogP contribution in [0.15, 0.2) is 64.8 Å². The van der Waals surface area contributed by atoms with Crippen LogP contribution in [-0.2, 0) is 7.05 Å². The summed E-state index contributed by atoms with van der Waals surface area (Å²) < 4.78 is 7.13. The Morgan fingerprint density at radius 2 is 1.89 bits per heavy atom. The quantitative estimate of drug-likeness (QED) is 0.543. The third kappa shape index (κ3) is 2.34. The highest BCUT2D eigenvalue weighted by Crippen LogP contribution is 2.45. The highest BCUT2D eigenvalue weighted by atomic mass is 16.6. The molecule has 0 radical (unpaired) electrons. The second-order valence-corrected chi connectivity index (χ2v) is 6.36. The lowest BCUT2D eigenvalue weighted by Gasteiger charge is -2.27. The molecule has 0 fully saturated rings. The number of benzene rings is 2. The molecule has 28 heavy (non-hydrogen) atoms. The molecule has 0 unspecified atom stereocenters. The van der Waals surface area contributed by atoms with Crippen LogP contribution in [-0.4, -0.2) is 9.49 Å². The highest BCUT2D eigenvalue weighted by Gasteiger charge is 2.38. The maximum atomic E-state index is 13.2. The second-order valence-electron chi connectivity index (χ2n) is 6.36. The molecule has 8 heteroatoms. The fraction of sp³-hybridized carbons (Fsp3) is 0.100. The normalized spacial score (nSPS) is 15.6. The fourth-order valence-electron chi connectivity index (χ4n) is 3.64. The number of aromatic nitrogens is 1. The largest absolute Gasteiger partial charge is 0.439 e. The molecule has 8 nitrogen and oxygen atoms in total. The summed E-state index contributed by atoms with van der Waals surface area (Å²) in [4.78, 5) is 24.2. The van der Waals surface area contributed by atoms with Crippen LogP contribution in [0, 0.1) is 21.4 Å². The Morgan fingerprint density at radius 3 is 2.61 bits per heavy atom. The van der Waals surface area contributed by atoms with E-state index in [0.29, 0.717) is 10.9 Å². The van der Waals surface area contributed by atoms with Crippen LogP contribution in [0.1, 0.15) is 17.0 Å². The van der Waals surface area contributed by atoms with Crippen LogP contribution in [0.3, 0.4) is 0 Å². The van der Waals surface area contributed by atoms with Gasteiger partial charge in [0.2, 0.25) is 5.88 Å². The van der Waals surface area contributed by atoms with E-state index < -0.39 is 16.4 Å². The molecule has 138 valence electrons. The number of rotatable bonds is 2. The topological polar surface area (TPSA) is 124 Å². The van der Waals surface area contributed by atoms with Gasteiger partial charge in [-0.1, -0.05) is 30.3 Å². The molecule has 1 atom stereocenters. The molecule has 1 aromatic heterocycles. The van der Waals surface area contributed by atoms with Crippen molar-refractivity contribution in [1.82, 2.24) is 4.57 Å². The summed E-state index contributed by atoms with van der Waals surface area (Å²) in [6, 6.07) is 15.1. The number of fused-ring (bicyclic) bond motifs is 3. The van der Waals surface area contributed by atoms with Crippen molar-refractivity contribution in [3.63, 3.8) is 0 Å². The van der Waals surface area contributed by atoms with E-state index >= 15 is 0 Å². The lowest BCUT2D eigenvalue weighted by atomic mass is 9.82. The third-order valence-electron chi connectivity index (χ3n) is 4.91. The average molecular weight is 374 g/mol. The van der Waals surface area contributed by atoms with Crippen molar-refractivity contribution in [2.45, 2.75) is 5.92 Å². The first-order chi connectivity index (χ1) is 13.5. The summed E-state index contributed by atoms with van der Waals surface area (Å²) in [5.74, 6) is -0.950. The van der Waals surface area contributed by atoms with E-state index in [-0.39, 0.29) is 34.0 Å². The van der Waals surface area contributed by atoms with Gasteiger partial charge in [-0.15, -0.1) is 0 Å². The summed E-state index contributed by atoms with van der Waals surface area (Å²) >= 11 is 0. The number of pyridine rings is 1. The van der Waals surface area contributed by atoms with Crippen LogP contribution in [0.25, 0.3) is 10.9 Å². The number of para-hydroxylation sites is 2. The Hall–Kier alpha value is -4.12. The lowest BCUT2D eigenvalue weighted by molar-refractivity contribution is -0.385. The molecule has 0 aliphatic carbocycles. The molecule has 3 aromatic rings. The summed E-state index contributed by atoms with van der Waals surface area (Å²) in [7, 11) is 1.61. The number of allylic oxidation sites excluding steroid dienone is 1. The molecule has 0 saturated heterocycles. The molecule has 0 amide bonds. The average Bonchev–Trinajstić information content (AvgIpc) is 2.71. The van der Waals surface area contributed by atoms with E-state index in [1.54, 1.807) is 37.4 Å². The first kappa shape index (κ1) is 17.3. The molecule has 2 heterocycles. The van der Waals surface area contributed by atoms with E-state index in [1.807, 2.05) is 6.07 Å². The van der Waals surface area contributed by atoms with Gasteiger partial charge in [-0.05, 0) is 12.1 Å². The van der Waals surface area contributed by atoms with Gasteiger partial charge in [0.15, 0.2) is 0 Å². The Morgan fingerprint density at radius 1 is 1.21 bits per heavy atom. The molecule has 0 spiro atoms. The monoisotopic (exact) mass is 374 g/mol. The Balaban J connectivity index is 2.16. The van der Waals surface area contributed by atoms with E-state index in [2.05, 4.69) is 0 Å².